The summed E-state index contributed by atoms with van der Waals surface area (Å²) in [6.07, 6.45) is 3.43. The van der Waals surface area contributed by atoms with Crippen LogP contribution in [0.4, 0.5) is 0 Å². The molecule has 0 saturated carbocycles. The highest BCUT2D eigenvalue weighted by molar-refractivity contribution is 8.04. The van der Waals surface area contributed by atoms with Gasteiger partial charge in [-0.1, -0.05) is 30.5 Å². The maximum atomic E-state index is 10.8. The first-order valence-corrected chi connectivity index (χ1v) is 14.3. The predicted molar refractivity (Wildman–Crippen MR) is 138 cm³/mol. The summed E-state index contributed by atoms with van der Waals surface area (Å²) in [4.78, 5) is 10.8. The Hall–Kier alpha value is -1.65. The van der Waals surface area contributed by atoms with Crippen LogP contribution in [-0.2, 0) is 23.6 Å². The van der Waals surface area contributed by atoms with E-state index in [0.29, 0.717) is 11.3 Å². The highest BCUT2D eigenvalue weighted by Crippen LogP contribution is 2.43. The molecule has 0 N–H and O–H groups in total. The maximum absolute atomic E-state index is 10.8. The third kappa shape index (κ3) is 7.47. The first-order chi connectivity index (χ1) is 14.6. The van der Waals surface area contributed by atoms with Crippen LogP contribution in [0.25, 0.3) is 0 Å². The largest absolute Gasteiger partial charge is 0.481 e. The van der Waals surface area contributed by atoms with Crippen LogP contribution >= 0.6 is 14.2 Å². The molecule has 2 aromatic carbocycles. The standard InChI is InChI=1S/C22H28N2O3P2S2/c1-6-22(4,28-30)27-20-11-7-17(8-12-20)15-23-24(5)29(31)21(2,3)26-19-13-9-18(16-25)10-14-19/h7-16,29H,6H2,1-5H3/b23-15+. The molecule has 0 spiro atoms. The Morgan fingerprint density at radius 3 is 2.03 bits per heavy atom. The van der Waals surface area contributed by atoms with Gasteiger partial charge >= 0.3 is 0 Å². The second-order valence-corrected chi connectivity index (χ2v) is 13.0. The highest BCUT2D eigenvalue weighted by Gasteiger charge is 2.27. The molecule has 166 valence electrons. The van der Waals surface area contributed by atoms with Gasteiger partial charge in [-0.15, -0.1) is 0 Å². The third-order valence-corrected chi connectivity index (χ3v) is 10.7. The second-order valence-electron chi connectivity index (χ2n) is 7.66. The lowest BCUT2D eigenvalue weighted by atomic mass is 10.2. The van der Waals surface area contributed by atoms with E-state index in [2.05, 4.69) is 12.0 Å². The smallest absolute Gasteiger partial charge is 0.157 e. The van der Waals surface area contributed by atoms with Crippen LogP contribution in [0, 0.1) is 0 Å². The van der Waals surface area contributed by atoms with Crippen molar-refractivity contribution in [3.8, 4) is 11.5 Å². The molecule has 0 bridgehead atoms. The number of rotatable bonds is 11. The summed E-state index contributed by atoms with van der Waals surface area (Å²) in [5.74, 6) is 1.46. The summed E-state index contributed by atoms with van der Waals surface area (Å²) < 4.78 is 13.9. The van der Waals surface area contributed by atoms with Crippen molar-refractivity contribution >= 4 is 50.3 Å². The minimum absolute atomic E-state index is 0.357. The molecule has 31 heavy (non-hydrogen) atoms. The quantitative estimate of drug-likeness (QED) is 0.163. The minimum atomic E-state index is -1.57. The van der Waals surface area contributed by atoms with E-state index >= 15 is 0 Å². The van der Waals surface area contributed by atoms with Gasteiger partial charge in [0.15, 0.2) is 5.34 Å². The van der Waals surface area contributed by atoms with Crippen molar-refractivity contribution in [2.24, 2.45) is 5.10 Å². The molecule has 0 aliphatic carbocycles. The fraction of sp³-hybridized carbons (Fsp3) is 0.364. The Morgan fingerprint density at radius 2 is 1.55 bits per heavy atom. The van der Waals surface area contributed by atoms with Crippen LogP contribution < -0.4 is 9.47 Å². The number of hydrogen-bond donors (Lipinski definition) is 0. The summed E-state index contributed by atoms with van der Waals surface area (Å²) in [6.45, 7) is 6.43. The fourth-order valence-corrected chi connectivity index (χ4v) is 4.76. The van der Waals surface area contributed by atoms with Crippen molar-refractivity contribution in [1.82, 2.24) is 4.78 Å². The molecule has 2 aromatic rings. The number of aldehydes is 1. The lowest BCUT2D eigenvalue weighted by Gasteiger charge is -2.32. The molecule has 0 fully saturated rings. The van der Waals surface area contributed by atoms with E-state index in [4.69, 9.17) is 33.1 Å². The van der Waals surface area contributed by atoms with Crippen molar-refractivity contribution in [3.63, 3.8) is 0 Å². The number of hydrazone groups is 1. The van der Waals surface area contributed by atoms with Crippen LogP contribution in [0.2, 0.25) is 0 Å². The van der Waals surface area contributed by atoms with Gasteiger partial charge in [-0.05, 0) is 81.3 Å². The van der Waals surface area contributed by atoms with Gasteiger partial charge in [0.2, 0.25) is 0 Å². The molecule has 9 heteroatoms. The van der Waals surface area contributed by atoms with Crippen molar-refractivity contribution in [2.75, 3.05) is 7.05 Å². The molecule has 0 aromatic heterocycles. The van der Waals surface area contributed by atoms with Gasteiger partial charge < -0.3 is 9.47 Å². The Balaban J connectivity index is 2.01. The molecular weight excluding hydrogens is 466 g/mol. The number of ether oxygens (including phenoxy) is 2. The molecule has 0 aliphatic heterocycles. The number of nitrogens with zero attached hydrogens (tertiary/aromatic N) is 2. The minimum Gasteiger partial charge on any atom is -0.481 e. The van der Waals surface area contributed by atoms with Crippen LogP contribution in [0.5, 0.6) is 11.5 Å². The lowest BCUT2D eigenvalue weighted by molar-refractivity contribution is 0.112. The van der Waals surface area contributed by atoms with Crippen LogP contribution in [-0.4, -0.2) is 35.0 Å². The topological polar surface area (TPSA) is 51.1 Å². The van der Waals surface area contributed by atoms with Gasteiger partial charge in [0.1, 0.15) is 23.1 Å². The van der Waals surface area contributed by atoms with Crippen molar-refractivity contribution in [3.05, 3.63) is 59.7 Å². The summed E-state index contributed by atoms with van der Waals surface area (Å²) in [5, 5.41) is 3.59. The number of carbonyl (C=O) groups excluding carboxylic acids is 1. The summed E-state index contributed by atoms with van der Waals surface area (Å²) in [6, 6.07) is 14.7. The average Bonchev–Trinajstić information content (AvgIpc) is 2.78. The zero-order valence-corrected chi connectivity index (χ0v) is 21.9. The van der Waals surface area contributed by atoms with Gasteiger partial charge in [0, 0.05) is 20.0 Å². The molecule has 0 heterocycles. The zero-order chi connectivity index (χ0) is 23.1. The lowest BCUT2D eigenvalue weighted by Crippen LogP contribution is -2.27. The molecule has 0 radical (unpaired) electrons. The Kier molecular flexibility index (Phi) is 9.32. The van der Waals surface area contributed by atoms with Gasteiger partial charge in [-0.25, -0.2) is 0 Å². The van der Waals surface area contributed by atoms with E-state index in [9.17, 15) is 4.79 Å². The highest BCUT2D eigenvalue weighted by atomic mass is 32.4. The van der Waals surface area contributed by atoms with E-state index in [1.807, 2.05) is 52.1 Å². The first-order valence-electron chi connectivity index (χ1n) is 9.82. The Labute approximate surface area is 197 Å². The third-order valence-electron chi connectivity index (χ3n) is 4.65. The van der Waals surface area contributed by atoms with Gasteiger partial charge in [0.25, 0.3) is 0 Å². The van der Waals surface area contributed by atoms with E-state index in [1.54, 1.807) is 35.3 Å². The average molecular weight is 495 g/mol. The van der Waals surface area contributed by atoms with Crippen LogP contribution in [0.1, 0.15) is 50.0 Å². The molecule has 5 nitrogen and oxygen atoms in total. The second kappa shape index (κ2) is 11.3. The molecule has 2 unspecified atom stereocenters. The van der Waals surface area contributed by atoms with Crippen molar-refractivity contribution < 1.29 is 14.3 Å². The normalized spacial score (nSPS) is 14.7. The number of carbonyl (C=O) groups is 1. The summed E-state index contributed by atoms with van der Waals surface area (Å²) in [5.41, 5.74) is 1.55. The Morgan fingerprint density at radius 1 is 1.03 bits per heavy atom. The first kappa shape index (κ1) is 25.6. The van der Waals surface area contributed by atoms with Crippen molar-refractivity contribution in [2.45, 2.75) is 44.8 Å². The fourth-order valence-electron chi connectivity index (χ4n) is 2.58. The Bertz CT molecular complexity index is 950. The monoisotopic (exact) mass is 494 g/mol. The van der Waals surface area contributed by atoms with Crippen LogP contribution in [0.15, 0.2) is 53.6 Å². The predicted octanol–water partition coefficient (Wildman–Crippen LogP) is 6.08. The molecule has 2 rings (SSSR count). The van der Waals surface area contributed by atoms with Gasteiger partial charge in [-0.3, -0.25) is 9.57 Å². The maximum Gasteiger partial charge on any atom is 0.157 e. The van der Waals surface area contributed by atoms with Crippen molar-refractivity contribution in [1.29, 1.82) is 0 Å². The summed E-state index contributed by atoms with van der Waals surface area (Å²) in [7, 11) is 2.66. The van der Waals surface area contributed by atoms with Gasteiger partial charge in [-0.2, -0.15) is 5.10 Å². The van der Waals surface area contributed by atoms with E-state index < -0.39 is 12.2 Å². The number of hydrogen-bond acceptors (Lipinski definition) is 6. The summed E-state index contributed by atoms with van der Waals surface area (Å²) >= 11 is 10.9. The molecule has 0 saturated heterocycles. The van der Waals surface area contributed by atoms with E-state index in [0.717, 1.165) is 31.4 Å². The molecular formula is C22H28N2O3P2S2. The van der Waals surface area contributed by atoms with Gasteiger partial charge in [0.05, 0.1) is 13.1 Å². The molecule has 2 atom stereocenters. The van der Waals surface area contributed by atoms with E-state index in [1.165, 1.54) is 0 Å². The zero-order valence-electron chi connectivity index (χ0n) is 18.4. The van der Waals surface area contributed by atoms with Crippen LogP contribution in [0.3, 0.4) is 0 Å². The molecule has 0 amide bonds. The molecule has 0 aliphatic rings. The van der Waals surface area contributed by atoms with E-state index in [-0.39, 0.29) is 5.34 Å². The number of benzene rings is 2. The SMILES string of the molecule is CCC(C)(Oc1ccc(/C=N/N(C)[PH](=S)C(C)(C)Oc2ccc(C=O)cc2)cc1)P=S.